The molecule has 17 heavy (non-hydrogen) atoms. The molecule has 0 saturated heterocycles. The fourth-order valence-corrected chi connectivity index (χ4v) is 2.94. The van der Waals surface area contributed by atoms with Gasteiger partial charge in [-0.3, -0.25) is 0 Å². The molecular formula is C13H20BrNOS. The van der Waals surface area contributed by atoms with E-state index in [9.17, 15) is 0 Å². The van der Waals surface area contributed by atoms with Crippen molar-refractivity contribution in [3.8, 4) is 0 Å². The van der Waals surface area contributed by atoms with Gasteiger partial charge in [0.15, 0.2) is 0 Å². The maximum Gasteiger partial charge on any atom is 0.0464 e. The normalized spacial score (nSPS) is 14.6. The Labute approximate surface area is 116 Å². The summed E-state index contributed by atoms with van der Waals surface area (Å²) in [5, 5.41) is 12.3. The van der Waals surface area contributed by atoms with E-state index in [1.54, 1.807) is 0 Å². The summed E-state index contributed by atoms with van der Waals surface area (Å²) >= 11 is 5.32. The topological polar surface area (TPSA) is 32.3 Å². The van der Waals surface area contributed by atoms with Crippen molar-refractivity contribution in [2.24, 2.45) is 5.92 Å². The predicted molar refractivity (Wildman–Crippen MR) is 78.6 cm³/mol. The van der Waals surface area contributed by atoms with Crippen molar-refractivity contribution in [2.75, 3.05) is 19.4 Å². The molecule has 2 atom stereocenters. The first-order valence-corrected chi connectivity index (χ1v) is 7.56. The quantitative estimate of drug-likeness (QED) is 0.788. The van der Waals surface area contributed by atoms with Gasteiger partial charge in [0.05, 0.1) is 0 Å². The molecule has 0 bridgehead atoms. The average Bonchev–Trinajstić information content (AvgIpc) is 2.35. The molecule has 0 aliphatic carbocycles. The van der Waals surface area contributed by atoms with Gasteiger partial charge in [-0.25, -0.2) is 0 Å². The fraction of sp³-hybridized carbons (Fsp3) is 0.538. The van der Waals surface area contributed by atoms with Crippen molar-refractivity contribution < 1.29 is 5.11 Å². The lowest BCUT2D eigenvalue weighted by Crippen LogP contribution is -2.13. The summed E-state index contributed by atoms with van der Waals surface area (Å²) in [5.74, 6) is 1.28. The highest BCUT2D eigenvalue weighted by molar-refractivity contribution is 9.10. The van der Waals surface area contributed by atoms with E-state index in [4.69, 9.17) is 5.11 Å². The molecule has 0 aliphatic heterocycles. The van der Waals surface area contributed by atoms with Crippen molar-refractivity contribution in [2.45, 2.75) is 24.8 Å². The third-order valence-electron chi connectivity index (χ3n) is 2.71. The lowest BCUT2D eigenvalue weighted by molar-refractivity contribution is 0.250. The van der Waals surface area contributed by atoms with Crippen LogP contribution in [0.3, 0.4) is 0 Å². The van der Waals surface area contributed by atoms with E-state index in [2.05, 4.69) is 53.3 Å². The molecular weight excluding hydrogens is 298 g/mol. The summed E-state index contributed by atoms with van der Waals surface area (Å²) in [5.41, 5.74) is 1.30. The van der Waals surface area contributed by atoms with Crippen LogP contribution in [-0.2, 0) is 0 Å². The third kappa shape index (κ3) is 4.62. The lowest BCUT2D eigenvalue weighted by Gasteiger charge is -2.17. The molecule has 0 heterocycles. The Morgan fingerprint density at radius 2 is 2.12 bits per heavy atom. The molecule has 0 aromatic heterocycles. The van der Waals surface area contributed by atoms with E-state index in [0.29, 0.717) is 12.0 Å². The molecule has 0 spiro atoms. The second-order valence-electron chi connectivity index (χ2n) is 4.29. The number of halogens is 1. The van der Waals surface area contributed by atoms with E-state index in [-0.39, 0.29) is 6.61 Å². The fourth-order valence-electron chi connectivity index (χ4n) is 1.43. The van der Waals surface area contributed by atoms with E-state index < -0.39 is 0 Å². The van der Waals surface area contributed by atoms with Crippen LogP contribution in [0.15, 0.2) is 27.6 Å². The summed E-state index contributed by atoms with van der Waals surface area (Å²) < 4.78 is 1.11. The Kier molecular flexibility index (Phi) is 6.55. The van der Waals surface area contributed by atoms with Gasteiger partial charge in [-0.1, -0.05) is 22.9 Å². The number of benzene rings is 1. The highest BCUT2D eigenvalue weighted by atomic mass is 79.9. The zero-order valence-electron chi connectivity index (χ0n) is 10.5. The first-order chi connectivity index (χ1) is 8.08. The Hall–Kier alpha value is -0.0300. The largest absolute Gasteiger partial charge is 0.396 e. The minimum atomic E-state index is 0.250. The summed E-state index contributed by atoms with van der Waals surface area (Å²) in [7, 11) is 1.97. The summed E-state index contributed by atoms with van der Waals surface area (Å²) in [4.78, 5) is 1.29. The van der Waals surface area contributed by atoms with Gasteiger partial charge in [0.1, 0.15) is 0 Å². The molecule has 1 rings (SSSR count). The summed E-state index contributed by atoms with van der Waals surface area (Å²) in [6, 6.07) is 6.70. The Bertz CT molecular complexity index is 359. The molecule has 96 valence electrons. The SMILES string of the molecule is CNC(C)c1cc(Br)ccc1SCC(C)CO. The molecule has 0 radical (unpaired) electrons. The Morgan fingerprint density at radius 3 is 2.71 bits per heavy atom. The monoisotopic (exact) mass is 317 g/mol. The van der Waals surface area contributed by atoms with Crippen molar-refractivity contribution in [1.29, 1.82) is 0 Å². The molecule has 1 aromatic carbocycles. The van der Waals surface area contributed by atoms with Gasteiger partial charge in [-0.2, -0.15) is 0 Å². The van der Waals surface area contributed by atoms with Gasteiger partial charge in [-0.15, -0.1) is 11.8 Å². The van der Waals surface area contributed by atoms with Gasteiger partial charge >= 0.3 is 0 Å². The van der Waals surface area contributed by atoms with Gasteiger partial charge in [0.25, 0.3) is 0 Å². The van der Waals surface area contributed by atoms with Crippen molar-refractivity contribution in [3.63, 3.8) is 0 Å². The third-order valence-corrected chi connectivity index (χ3v) is 4.62. The highest BCUT2D eigenvalue weighted by Gasteiger charge is 2.11. The highest BCUT2D eigenvalue weighted by Crippen LogP contribution is 2.31. The van der Waals surface area contributed by atoms with Gasteiger partial charge < -0.3 is 10.4 Å². The summed E-state index contributed by atoms with van der Waals surface area (Å²) in [6.45, 7) is 4.47. The van der Waals surface area contributed by atoms with Crippen LogP contribution in [0.4, 0.5) is 0 Å². The van der Waals surface area contributed by atoms with E-state index in [1.807, 2.05) is 18.8 Å². The van der Waals surface area contributed by atoms with Gasteiger partial charge in [0, 0.05) is 27.8 Å². The zero-order valence-corrected chi connectivity index (χ0v) is 12.9. The molecule has 2 unspecified atom stereocenters. The molecule has 2 N–H and O–H groups in total. The zero-order chi connectivity index (χ0) is 12.8. The van der Waals surface area contributed by atoms with Crippen molar-refractivity contribution in [1.82, 2.24) is 5.32 Å². The average molecular weight is 318 g/mol. The molecule has 4 heteroatoms. The van der Waals surface area contributed by atoms with Crippen LogP contribution in [0.2, 0.25) is 0 Å². The molecule has 0 aliphatic rings. The summed E-state index contributed by atoms with van der Waals surface area (Å²) in [6.07, 6.45) is 0. The number of rotatable bonds is 6. The van der Waals surface area contributed by atoms with E-state index in [0.717, 1.165) is 10.2 Å². The number of hydrogen-bond donors (Lipinski definition) is 2. The second-order valence-corrected chi connectivity index (χ2v) is 6.27. The van der Waals surface area contributed by atoms with Crippen molar-refractivity contribution >= 4 is 27.7 Å². The first-order valence-electron chi connectivity index (χ1n) is 5.78. The van der Waals surface area contributed by atoms with Gasteiger partial charge in [0.2, 0.25) is 0 Å². The van der Waals surface area contributed by atoms with Crippen LogP contribution in [0.5, 0.6) is 0 Å². The minimum Gasteiger partial charge on any atom is -0.396 e. The molecule has 0 amide bonds. The maximum absolute atomic E-state index is 9.05. The van der Waals surface area contributed by atoms with E-state index in [1.165, 1.54) is 10.5 Å². The molecule has 1 aromatic rings. The molecule has 2 nitrogen and oxygen atoms in total. The predicted octanol–water partition coefficient (Wildman–Crippen LogP) is 3.45. The van der Waals surface area contributed by atoms with Crippen LogP contribution in [0.25, 0.3) is 0 Å². The lowest BCUT2D eigenvalue weighted by atomic mass is 10.1. The number of aliphatic hydroxyl groups is 1. The van der Waals surface area contributed by atoms with Crippen LogP contribution >= 0.6 is 27.7 Å². The van der Waals surface area contributed by atoms with Crippen LogP contribution in [-0.4, -0.2) is 24.5 Å². The minimum absolute atomic E-state index is 0.250. The second kappa shape index (κ2) is 7.41. The Balaban J connectivity index is 2.83. The number of aliphatic hydroxyl groups excluding tert-OH is 1. The number of nitrogens with one attached hydrogen (secondary N) is 1. The van der Waals surface area contributed by atoms with Crippen LogP contribution in [0.1, 0.15) is 25.5 Å². The standard InChI is InChI=1S/C13H20BrNOS/c1-9(7-16)8-17-13-5-4-11(14)6-12(13)10(2)15-3/h4-6,9-10,15-16H,7-8H2,1-3H3. The Morgan fingerprint density at radius 1 is 1.41 bits per heavy atom. The maximum atomic E-state index is 9.05. The van der Waals surface area contributed by atoms with Crippen LogP contribution < -0.4 is 5.32 Å². The first kappa shape index (κ1) is 15.0. The molecule has 0 fully saturated rings. The number of thioether (sulfide) groups is 1. The van der Waals surface area contributed by atoms with Gasteiger partial charge in [-0.05, 0) is 43.7 Å². The molecule has 0 saturated carbocycles. The van der Waals surface area contributed by atoms with E-state index >= 15 is 0 Å². The van der Waals surface area contributed by atoms with Crippen LogP contribution in [0, 0.1) is 5.92 Å². The number of hydrogen-bond acceptors (Lipinski definition) is 3. The smallest absolute Gasteiger partial charge is 0.0464 e. The van der Waals surface area contributed by atoms with Crippen molar-refractivity contribution in [3.05, 3.63) is 28.2 Å².